The maximum atomic E-state index is 10.9. The second-order valence-electron chi connectivity index (χ2n) is 7.23. The summed E-state index contributed by atoms with van der Waals surface area (Å²) in [5, 5.41) is 10.9. The summed E-state index contributed by atoms with van der Waals surface area (Å²) in [5.41, 5.74) is 1.07. The summed E-state index contributed by atoms with van der Waals surface area (Å²) in [6, 6.07) is 8.01. The molecule has 4 aliphatic carbocycles. The first-order chi connectivity index (χ1) is 9.74. The van der Waals surface area contributed by atoms with E-state index in [9.17, 15) is 5.11 Å². The molecule has 1 atom stereocenters. The smallest absolute Gasteiger partial charge is 0.118 e. The maximum Gasteiger partial charge on any atom is 0.118 e. The zero-order chi connectivity index (χ0) is 13.7. The van der Waals surface area contributed by atoms with E-state index in [1.807, 2.05) is 24.3 Å². The summed E-state index contributed by atoms with van der Waals surface area (Å²) in [4.78, 5) is 0. The number of methoxy groups -OCH3 is 1. The number of ether oxygens (including phenoxy) is 1. The number of aliphatic hydroxyl groups excluding tert-OH is 1. The van der Waals surface area contributed by atoms with E-state index in [4.69, 9.17) is 4.74 Å². The average Bonchev–Trinajstić information content (AvgIpc) is 2.46. The van der Waals surface area contributed by atoms with E-state index in [1.165, 1.54) is 32.1 Å². The Morgan fingerprint density at radius 1 is 0.950 bits per heavy atom. The lowest BCUT2D eigenvalue weighted by Crippen LogP contribution is -2.47. The Morgan fingerprint density at radius 2 is 1.50 bits per heavy atom. The van der Waals surface area contributed by atoms with Crippen molar-refractivity contribution in [2.75, 3.05) is 7.11 Å². The van der Waals surface area contributed by atoms with Gasteiger partial charge in [0.1, 0.15) is 5.75 Å². The van der Waals surface area contributed by atoms with Gasteiger partial charge < -0.3 is 9.84 Å². The average molecular weight is 272 g/mol. The highest BCUT2D eigenvalue weighted by molar-refractivity contribution is 5.29. The van der Waals surface area contributed by atoms with E-state index in [0.29, 0.717) is 5.92 Å². The fourth-order valence-corrected chi connectivity index (χ4v) is 5.51. The molecule has 0 spiro atoms. The fourth-order valence-electron chi connectivity index (χ4n) is 5.51. The van der Waals surface area contributed by atoms with Crippen LogP contribution in [0, 0.1) is 29.6 Å². The molecule has 0 aromatic heterocycles. The van der Waals surface area contributed by atoms with Gasteiger partial charge in [-0.25, -0.2) is 0 Å². The van der Waals surface area contributed by atoms with Gasteiger partial charge in [-0.3, -0.25) is 0 Å². The first-order valence-corrected chi connectivity index (χ1v) is 8.06. The molecule has 20 heavy (non-hydrogen) atoms. The predicted octanol–water partition coefficient (Wildman–Crippen LogP) is 3.80. The number of rotatable bonds is 3. The number of hydrogen-bond acceptors (Lipinski definition) is 2. The minimum absolute atomic E-state index is 0.282. The van der Waals surface area contributed by atoms with Crippen molar-refractivity contribution in [2.24, 2.45) is 29.6 Å². The van der Waals surface area contributed by atoms with Gasteiger partial charge in [0.25, 0.3) is 0 Å². The van der Waals surface area contributed by atoms with Crippen LogP contribution >= 0.6 is 0 Å². The lowest BCUT2D eigenvalue weighted by molar-refractivity contribution is -0.0908. The molecule has 4 saturated carbocycles. The van der Waals surface area contributed by atoms with Crippen molar-refractivity contribution in [2.45, 2.75) is 38.2 Å². The molecule has 2 heteroatoms. The quantitative estimate of drug-likeness (QED) is 0.907. The van der Waals surface area contributed by atoms with Crippen LogP contribution in [0.25, 0.3) is 0 Å². The van der Waals surface area contributed by atoms with Crippen molar-refractivity contribution in [1.82, 2.24) is 0 Å². The minimum Gasteiger partial charge on any atom is -0.497 e. The molecule has 4 bridgehead atoms. The van der Waals surface area contributed by atoms with Crippen LogP contribution in [0.2, 0.25) is 0 Å². The van der Waals surface area contributed by atoms with Crippen molar-refractivity contribution in [1.29, 1.82) is 0 Å². The van der Waals surface area contributed by atoms with Gasteiger partial charge in [0.05, 0.1) is 13.2 Å². The van der Waals surface area contributed by atoms with Crippen LogP contribution in [0.4, 0.5) is 0 Å². The van der Waals surface area contributed by atoms with Crippen LogP contribution in [-0.4, -0.2) is 12.2 Å². The van der Waals surface area contributed by atoms with Crippen molar-refractivity contribution in [3.8, 4) is 5.75 Å². The normalized spacial score (nSPS) is 39.8. The first kappa shape index (κ1) is 12.7. The molecule has 1 N–H and O–H groups in total. The van der Waals surface area contributed by atoms with Gasteiger partial charge in [0, 0.05) is 0 Å². The zero-order valence-electron chi connectivity index (χ0n) is 12.2. The van der Waals surface area contributed by atoms with E-state index in [2.05, 4.69) is 0 Å². The van der Waals surface area contributed by atoms with Crippen LogP contribution in [-0.2, 0) is 0 Å². The van der Waals surface area contributed by atoms with Gasteiger partial charge in [-0.1, -0.05) is 12.1 Å². The molecule has 5 rings (SSSR count). The van der Waals surface area contributed by atoms with Crippen molar-refractivity contribution >= 4 is 0 Å². The van der Waals surface area contributed by atoms with Gasteiger partial charge in [-0.15, -0.1) is 0 Å². The van der Waals surface area contributed by atoms with Crippen molar-refractivity contribution in [3.63, 3.8) is 0 Å². The molecule has 0 heterocycles. The molecule has 2 nitrogen and oxygen atoms in total. The van der Waals surface area contributed by atoms with Crippen LogP contribution < -0.4 is 4.74 Å². The SMILES string of the molecule is COc1ccc(C(O)C2C3CC4CC(C3)CC2C4)cc1. The Bertz CT molecular complexity index is 451. The van der Waals surface area contributed by atoms with Crippen LogP contribution in [0.3, 0.4) is 0 Å². The molecule has 1 unspecified atom stereocenters. The summed E-state index contributed by atoms with van der Waals surface area (Å²) in [6.45, 7) is 0. The molecule has 0 aliphatic heterocycles. The Hall–Kier alpha value is -1.02. The Morgan fingerprint density at radius 3 is 2.00 bits per heavy atom. The molecule has 4 aliphatic rings. The Labute approximate surface area is 121 Å². The lowest BCUT2D eigenvalue weighted by Gasteiger charge is -2.55. The molecule has 0 radical (unpaired) electrons. The van der Waals surface area contributed by atoms with Crippen LogP contribution in [0.15, 0.2) is 24.3 Å². The largest absolute Gasteiger partial charge is 0.497 e. The van der Waals surface area contributed by atoms with Gasteiger partial charge in [-0.05, 0) is 79.4 Å². The van der Waals surface area contributed by atoms with E-state index in [-0.39, 0.29) is 6.10 Å². The summed E-state index contributed by atoms with van der Waals surface area (Å²) < 4.78 is 5.21. The first-order valence-electron chi connectivity index (χ1n) is 8.06. The summed E-state index contributed by atoms with van der Waals surface area (Å²) >= 11 is 0. The third kappa shape index (κ3) is 1.96. The van der Waals surface area contributed by atoms with E-state index in [1.54, 1.807) is 7.11 Å². The lowest BCUT2D eigenvalue weighted by atomic mass is 9.50. The summed E-state index contributed by atoms with van der Waals surface area (Å²) in [5.74, 6) is 4.84. The van der Waals surface area contributed by atoms with Gasteiger partial charge in [0.2, 0.25) is 0 Å². The molecule has 1 aromatic rings. The third-order valence-corrected chi connectivity index (χ3v) is 6.12. The van der Waals surface area contributed by atoms with E-state index in [0.717, 1.165) is 35.0 Å². The van der Waals surface area contributed by atoms with Crippen LogP contribution in [0.5, 0.6) is 5.75 Å². The highest BCUT2D eigenvalue weighted by Crippen LogP contribution is 2.59. The van der Waals surface area contributed by atoms with E-state index < -0.39 is 0 Å². The molecular weight excluding hydrogens is 248 g/mol. The van der Waals surface area contributed by atoms with Crippen LogP contribution in [0.1, 0.15) is 43.8 Å². The van der Waals surface area contributed by atoms with Gasteiger partial charge in [-0.2, -0.15) is 0 Å². The monoisotopic (exact) mass is 272 g/mol. The molecule has 0 saturated heterocycles. The number of aliphatic hydroxyl groups is 1. The topological polar surface area (TPSA) is 29.5 Å². The third-order valence-electron chi connectivity index (χ3n) is 6.12. The number of hydrogen-bond donors (Lipinski definition) is 1. The second-order valence-corrected chi connectivity index (χ2v) is 7.23. The van der Waals surface area contributed by atoms with Gasteiger partial charge >= 0.3 is 0 Å². The molecule has 1 aromatic carbocycles. The molecule has 0 amide bonds. The minimum atomic E-state index is -0.282. The predicted molar refractivity (Wildman–Crippen MR) is 78.5 cm³/mol. The Balaban J connectivity index is 1.57. The Kier molecular flexibility index (Phi) is 3.03. The van der Waals surface area contributed by atoms with Crippen molar-refractivity contribution < 1.29 is 9.84 Å². The molecule has 108 valence electrons. The zero-order valence-corrected chi connectivity index (χ0v) is 12.2. The second kappa shape index (κ2) is 4.77. The van der Waals surface area contributed by atoms with Crippen molar-refractivity contribution in [3.05, 3.63) is 29.8 Å². The fraction of sp³-hybridized carbons (Fsp3) is 0.667. The highest BCUT2D eigenvalue weighted by Gasteiger charge is 2.50. The number of benzene rings is 1. The van der Waals surface area contributed by atoms with E-state index >= 15 is 0 Å². The highest BCUT2D eigenvalue weighted by atomic mass is 16.5. The summed E-state index contributed by atoms with van der Waals surface area (Å²) in [6.07, 6.45) is 6.65. The maximum absolute atomic E-state index is 10.9. The molecular formula is C18H24O2. The van der Waals surface area contributed by atoms with Gasteiger partial charge in [0.15, 0.2) is 0 Å². The molecule has 4 fully saturated rings. The standard InChI is InChI=1S/C18H24O2/c1-20-16-4-2-13(3-5-16)18(19)17-14-7-11-6-12(9-14)10-15(17)8-11/h2-5,11-12,14-15,17-19H,6-10H2,1H3. The summed E-state index contributed by atoms with van der Waals surface area (Å²) in [7, 11) is 1.68.